The van der Waals surface area contributed by atoms with E-state index in [1.807, 2.05) is 24.3 Å². The summed E-state index contributed by atoms with van der Waals surface area (Å²) in [5, 5.41) is 10.9. The second-order valence-corrected chi connectivity index (χ2v) is 7.94. The van der Waals surface area contributed by atoms with Gasteiger partial charge in [-0.05, 0) is 67.3 Å². The highest BCUT2D eigenvalue weighted by Gasteiger charge is 2.32. The minimum absolute atomic E-state index is 0.155. The molecule has 0 saturated heterocycles. The zero-order chi connectivity index (χ0) is 19.8. The molecule has 1 fully saturated rings. The van der Waals surface area contributed by atoms with E-state index in [0.29, 0.717) is 13.2 Å². The molecule has 0 unspecified atom stereocenters. The maximum atomic E-state index is 10.9. The molecule has 3 rings (SSSR count). The van der Waals surface area contributed by atoms with E-state index >= 15 is 0 Å². The van der Waals surface area contributed by atoms with Gasteiger partial charge in [0.05, 0.1) is 11.5 Å². The SMILES string of the molecule is NCCc1ccc(OCCC2(Cc3ccc([N+](=O)[O-])cc3)CCCCC2)cc1. The molecule has 0 atom stereocenters. The summed E-state index contributed by atoms with van der Waals surface area (Å²) < 4.78 is 6.03. The first-order valence-corrected chi connectivity index (χ1v) is 10.3. The molecule has 1 saturated carbocycles. The second-order valence-electron chi connectivity index (χ2n) is 7.94. The number of nitrogens with two attached hydrogens (primary N) is 1. The van der Waals surface area contributed by atoms with E-state index < -0.39 is 0 Å². The number of benzene rings is 2. The number of ether oxygens (including phenoxy) is 1. The maximum Gasteiger partial charge on any atom is 0.269 e. The van der Waals surface area contributed by atoms with E-state index in [2.05, 4.69) is 12.1 Å². The van der Waals surface area contributed by atoms with Crippen molar-refractivity contribution in [2.45, 2.75) is 51.4 Å². The average molecular weight is 383 g/mol. The molecule has 0 aromatic heterocycles. The lowest BCUT2D eigenvalue weighted by Gasteiger charge is -2.37. The van der Waals surface area contributed by atoms with Crippen molar-refractivity contribution in [3.63, 3.8) is 0 Å². The van der Waals surface area contributed by atoms with Crippen molar-refractivity contribution < 1.29 is 9.66 Å². The molecular formula is C23H30N2O3. The van der Waals surface area contributed by atoms with Crippen molar-refractivity contribution in [1.29, 1.82) is 0 Å². The number of hydrogen-bond donors (Lipinski definition) is 1. The first kappa shape index (κ1) is 20.3. The van der Waals surface area contributed by atoms with Crippen LogP contribution in [0, 0.1) is 15.5 Å². The summed E-state index contributed by atoms with van der Waals surface area (Å²) in [6.07, 6.45) is 9.05. The first-order chi connectivity index (χ1) is 13.6. The van der Waals surface area contributed by atoms with E-state index in [4.69, 9.17) is 10.5 Å². The van der Waals surface area contributed by atoms with E-state index in [1.54, 1.807) is 12.1 Å². The quantitative estimate of drug-likeness (QED) is 0.486. The minimum Gasteiger partial charge on any atom is -0.494 e. The molecule has 150 valence electrons. The topological polar surface area (TPSA) is 78.4 Å². The highest BCUT2D eigenvalue weighted by molar-refractivity contribution is 5.33. The van der Waals surface area contributed by atoms with Gasteiger partial charge in [0.15, 0.2) is 0 Å². The summed E-state index contributed by atoms with van der Waals surface area (Å²) in [5.74, 6) is 0.905. The Balaban J connectivity index is 1.60. The molecule has 2 aromatic carbocycles. The molecule has 0 bridgehead atoms. The van der Waals surface area contributed by atoms with E-state index in [-0.39, 0.29) is 16.0 Å². The molecule has 1 aliphatic carbocycles. The fourth-order valence-corrected chi connectivity index (χ4v) is 4.29. The summed E-state index contributed by atoms with van der Waals surface area (Å²) in [7, 11) is 0. The molecule has 0 spiro atoms. The smallest absolute Gasteiger partial charge is 0.269 e. The number of hydrogen-bond acceptors (Lipinski definition) is 4. The van der Waals surface area contributed by atoms with Gasteiger partial charge in [-0.3, -0.25) is 10.1 Å². The van der Waals surface area contributed by atoms with Crippen molar-refractivity contribution in [3.05, 3.63) is 69.8 Å². The Labute approximate surface area is 167 Å². The van der Waals surface area contributed by atoms with Gasteiger partial charge in [-0.2, -0.15) is 0 Å². The van der Waals surface area contributed by atoms with Crippen molar-refractivity contribution in [1.82, 2.24) is 0 Å². The van der Waals surface area contributed by atoms with Crippen LogP contribution in [0.1, 0.15) is 49.7 Å². The fourth-order valence-electron chi connectivity index (χ4n) is 4.29. The lowest BCUT2D eigenvalue weighted by Crippen LogP contribution is -2.29. The van der Waals surface area contributed by atoms with Gasteiger partial charge in [0, 0.05) is 12.1 Å². The van der Waals surface area contributed by atoms with Crippen LogP contribution in [0.4, 0.5) is 5.69 Å². The van der Waals surface area contributed by atoms with Crippen molar-refractivity contribution in [2.24, 2.45) is 11.1 Å². The summed E-state index contributed by atoms with van der Waals surface area (Å²) >= 11 is 0. The van der Waals surface area contributed by atoms with Gasteiger partial charge < -0.3 is 10.5 Å². The molecule has 0 aliphatic heterocycles. The fraction of sp³-hybridized carbons (Fsp3) is 0.478. The second kappa shape index (κ2) is 9.69. The van der Waals surface area contributed by atoms with Crippen LogP contribution in [0.2, 0.25) is 0 Å². The molecule has 2 N–H and O–H groups in total. The summed E-state index contributed by atoms with van der Waals surface area (Å²) in [6, 6.07) is 15.3. The monoisotopic (exact) mass is 382 g/mol. The van der Waals surface area contributed by atoms with Gasteiger partial charge in [0.2, 0.25) is 0 Å². The third kappa shape index (κ3) is 5.55. The average Bonchev–Trinajstić information content (AvgIpc) is 2.71. The number of non-ortho nitro benzene ring substituents is 1. The van der Waals surface area contributed by atoms with Crippen LogP contribution in [0.3, 0.4) is 0 Å². The van der Waals surface area contributed by atoms with Crippen molar-refractivity contribution in [2.75, 3.05) is 13.2 Å². The van der Waals surface area contributed by atoms with Crippen LogP contribution in [0.5, 0.6) is 5.75 Å². The summed E-state index contributed by atoms with van der Waals surface area (Å²) in [5.41, 5.74) is 8.40. The summed E-state index contributed by atoms with van der Waals surface area (Å²) in [4.78, 5) is 10.5. The predicted molar refractivity (Wildman–Crippen MR) is 112 cm³/mol. The standard InChI is InChI=1S/C23H30N2O3/c24-16-12-19-6-10-22(11-7-19)28-17-15-23(13-2-1-3-14-23)18-20-4-8-21(9-5-20)25(26)27/h4-11H,1-3,12-18,24H2. The molecule has 0 heterocycles. The largest absolute Gasteiger partial charge is 0.494 e. The Hall–Kier alpha value is -2.40. The van der Waals surface area contributed by atoms with Gasteiger partial charge in [-0.1, -0.05) is 43.5 Å². The Kier molecular flexibility index (Phi) is 7.04. The third-order valence-corrected chi connectivity index (χ3v) is 5.90. The molecular weight excluding hydrogens is 352 g/mol. The van der Waals surface area contributed by atoms with Crippen LogP contribution in [-0.4, -0.2) is 18.1 Å². The van der Waals surface area contributed by atoms with Crippen LogP contribution in [-0.2, 0) is 12.8 Å². The van der Waals surface area contributed by atoms with Crippen LogP contribution >= 0.6 is 0 Å². The Bertz CT molecular complexity index is 750. The van der Waals surface area contributed by atoms with Crippen LogP contribution in [0.15, 0.2) is 48.5 Å². The van der Waals surface area contributed by atoms with E-state index in [9.17, 15) is 10.1 Å². The van der Waals surface area contributed by atoms with Crippen molar-refractivity contribution in [3.8, 4) is 5.75 Å². The minimum atomic E-state index is -0.340. The summed E-state index contributed by atoms with van der Waals surface area (Å²) in [6.45, 7) is 1.36. The molecule has 5 nitrogen and oxygen atoms in total. The van der Waals surface area contributed by atoms with E-state index in [1.165, 1.54) is 43.2 Å². The number of nitrogens with zero attached hydrogens (tertiary/aromatic N) is 1. The molecule has 0 amide bonds. The van der Waals surface area contributed by atoms with Crippen LogP contribution < -0.4 is 10.5 Å². The molecule has 1 aliphatic rings. The zero-order valence-corrected chi connectivity index (χ0v) is 16.4. The van der Waals surface area contributed by atoms with Gasteiger partial charge in [0.25, 0.3) is 5.69 Å². The van der Waals surface area contributed by atoms with Gasteiger partial charge >= 0.3 is 0 Å². The highest BCUT2D eigenvalue weighted by atomic mass is 16.6. The van der Waals surface area contributed by atoms with Gasteiger partial charge in [-0.15, -0.1) is 0 Å². The maximum absolute atomic E-state index is 10.9. The molecule has 5 heteroatoms. The lowest BCUT2D eigenvalue weighted by molar-refractivity contribution is -0.384. The normalized spacial score (nSPS) is 15.9. The number of nitro groups is 1. The molecule has 0 radical (unpaired) electrons. The highest BCUT2D eigenvalue weighted by Crippen LogP contribution is 2.42. The van der Waals surface area contributed by atoms with E-state index in [0.717, 1.165) is 25.0 Å². The number of nitro benzene ring substituents is 1. The number of rotatable bonds is 9. The van der Waals surface area contributed by atoms with Gasteiger partial charge in [-0.25, -0.2) is 0 Å². The zero-order valence-electron chi connectivity index (χ0n) is 16.4. The van der Waals surface area contributed by atoms with Crippen LogP contribution in [0.25, 0.3) is 0 Å². The first-order valence-electron chi connectivity index (χ1n) is 10.3. The van der Waals surface area contributed by atoms with Gasteiger partial charge in [0.1, 0.15) is 5.75 Å². The Morgan fingerprint density at radius 3 is 2.21 bits per heavy atom. The molecule has 28 heavy (non-hydrogen) atoms. The van der Waals surface area contributed by atoms with Crippen molar-refractivity contribution >= 4 is 5.69 Å². The third-order valence-electron chi connectivity index (χ3n) is 5.90. The predicted octanol–water partition coefficient (Wildman–Crippen LogP) is 5.06. The Morgan fingerprint density at radius 2 is 1.61 bits per heavy atom. The molecule has 2 aromatic rings. The Morgan fingerprint density at radius 1 is 0.964 bits per heavy atom. The lowest BCUT2D eigenvalue weighted by atomic mass is 9.68.